The van der Waals surface area contributed by atoms with E-state index in [0.717, 1.165) is 14.7 Å². The average molecular weight is 457 g/mol. The third-order valence-electron chi connectivity index (χ3n) is 4.39. The molecule has 0 bridgehead atoms. The van der Waals surface area contributed by atoms with E-state index in [4.69, 9.17) is 9.15 Å². The van der Waals surface area contributed by atoms with Crippen LogP contribution < -0.4 is 10.1 Å². The van der Waals surface area contributed by atoms with Gasteiger partial charge in [-0.3, -0.25) is 14.9 Å². The molecule has 9 nitrogen and oxygen atoms in total. The summed E-state index contributed by atoms with van der Waals surface area (Å²) in [6, 6.07) is 11.3. The van der Waals surface area contributed by atoms with E-state index >= 15 is 0 Å². The SMILES string of the molecule is COc1ccc([N+](=O)[O-])cc1NC(=O)c1oc2ccccc2c1CSc1nnc(C)s1. The van der Waals surface area contributed by atoms with Crippen molar-refractivity contribution in [1.29, 1.82) is 0 Å². The molecule has 0 radical (unpaired) electrons. The summed E-state index contributed by atoms with van der Waals surface area (Å²) in [7, 11) is 1.42. The monoisotopic (exact) mass is 456 g/mol. The third-order valence-corrected chi connectivity index (χ3v) is 6.39. The van der Waals surface area contributed by atoms with Crippen molar-refractivity contribution in [2.24, 2.45) is 0 Å². The molecule has 4 aromatic rings. The minimum atomic E-state index is -0.539. The third kappa shape index (κ3) is 4.37. The van der Waals surface area contributed by atoms with Crippen molar-refractivity contribution in [1.82, 2.24) is 10.2 Å². The van der Waals surface area contributed by atoms with Crippen LogP contribution in [-0.2, 0) is 5.75 Å². The molecule has 158 valence electrons. The lowest BCUT2D eigenvalue weighted by atomic mass is 10.1. The van der Waals surface area contributed by atoms with Gasteiger partial charge >= 0.3 is 0 Å². The maximum atomic E-state index is 13.1. The first-order valence-electron chi connectivity index (χ1n) is 9.03. The molecule has 0 saturated heterocycles. The number of rotatable bonds is 7. The quantitative estimate of drug-likeness (QED) is 0.233. The second kappa shape index (κ2) is 8.74. The van der Waals surface area contributed by atoms with E-state index in [1.54, 1.807) is 6.07 Å². The maximum absolute atomic E-state index is 13.1. The standard InChI is InChI=1S/C20H16N4O5S2/c1-11-22-23-20(31-11)30-10-14-13-5-3-4-6-16(13)29-18(14)19(25)21-15-9-12(24(26)27)7-8-17(15)28-2/h3-9H,10H2,1-2H3,(H,21,25). The van der Waals surface area contributed by atoms with Crippen molar-refractivity contribution >= 4 is 51.3 Å². The number of nitro groups is 1. The van der Waals surface area contributed by atoms with Crippen molar-refractivity contribution in [2.45, 2.75) is 17.0 Å². The van der Waals surface area contributed by atoms with Crippen LogP contribution in [0.15, 0.2) is 51.2 Å². The van der Waals surface area contributed by atoms with Crippen LogP contribution in [0.25, 0.3) is 11.0 Å². The molecule has 0 spiro atoms. The second-order valence-electron chi connectivity index (χ2n) is 6.38. The number of hydrogen-bond acceptors (Lipinski definition) is 9. The van der Waals surface area contributed by atoms with Gasteiger partial charge in [0.05, 0.1) is 17.7 Å². The van der Waals surface area contributed by atoms with Crippen molar-refractivity contribution in [3.8, 4) is 5.75 Å². The predicted molar refractivity (Wildman–Crippen MR) is 118 cm³/mol. The number of para-hydroxylation sites is 1. The Bertz CT molecular complexity index is 1280. The van der Waals surface area contributed by atoms with Gasteiger partial charge in [0.15, 0.2) is 10.1 Å². The Morgan fingerprint density at radius 1 is 1.29 bits per heavy atom. The number of thioether (sulfide) groups is 1. The summed E-state index contributed by atoms with van der Waals surface area (Å²) in [5, 5.41) is 23.6. The van der Waals surface area contributed by atoms with Crippen LogP contribution >= 0.6 is 23.1 Å². The smallest absolute Gasteiger partial charge is 0.291 e. The zero-order chi connectivity index (χ0) is 22.0. The van der Waals surface area contributed by atoms with Crippen LogP contribution in [0.4, 0.5) is 11.4 Å². The number of hydrogen-bond donors (Lipinski definition) is 1. The highest BCUT2D eigenvalue weighted by Crippen LogP contribution is 2.35. The van der Waals surface area contributed by atoms with Gasteiger partial charge in [-0.2, -0.15) is 0 Å². The number of furan rings is 1. The van der Waals surface area contributed by atoms with E-state index < -0.39 is 10.8 Å². The van der Waals surface area contributed by atoms with Crippen molar-refractivity contribution < 1.29 is 18.9 Å². The number of nitrogens with zero attached hydrogens (tertiary/aromatic N) is 3. The topological polar surface area (TPSA) is 120 Å². The molecule has 0 saturated carbocycles. The molecule has 0 aliphatic heterocycles. The van der Waals surface area contributed by atoms with Crippen molar-refractivity contribution in [3.63, 3.8) is 0 Å². The minimum absolute atomic E-state index is 0.128. The molecule has 1 amide bonds. The first-order chi connectivity index (χ1) is 15.0. The van der Waals surface area contributed by atoms with Gasteiger partial charge in [-0.05, 0) is 19.1 Å². The fourth-order valence-electron chi connectivity index (χ4n) is 2.98. The van der Waals surface area contributed by atoms with Gasteiger partial charge in [-0.1, -0.05) is 41.3 Å². The Balaban J connectivity index is 1.68. The number of amides is 1. The molecule has 4 rings (SSSR count). The molecule has 2 aromatic heterocycles. The Hall–Kier alpha value is -3.44. The summed E-state index contributed by atoms with van der Waals surface area (Å²) >= 11 is 2.93. The summed E-state index contributed by atoms with van der Waals surface area (Å²) in [6.45, 7) is 1.88. The molecule has 0 aliphatic carbocycles. The van der Waals surface area contributed by atoms with Crippen LogP contribution in [0.1, 0.15) is 21.1 Å². The molecular weight excluding hydrogens is 440 g/mol. The van der Waals surface area contributed by atoms with E-state index in [2.05, 4.69) is 15.5 Å². The Labute approximate surface area is 184 Å². The number of nitro benzene ring substituents is 1. The summed E-state index contributed by atoms with van der Waals surface area (Å²) < 4.78 is 11.9. The van der Waals surface area contributed by atoms with Gasteiger partial charge in [-0.15, -0.1) is 10.2 Å². The first kappa shape index (κ1) is 20.8. The molecule has 31 heavy (non-hydrogen) atoms. The molecule has 0 aliphatic rings. The van der Waals surface area contributed by atoms with Crippen molar-refractivity contribution in [2.75, 3.05) is 12.4 Å². The number of carbonyl (C=O) groups is 1. The molecule has 0 atom stereocenters. The second-order valence-corrected chi connectivity index (χ2v) is 8.78. The van der Waals surface area contributed by atoms with Gasteiger partial charge in [0.1, 0.15) is 16.3 Å². The lowest BCUT2D eigenvalue weighted by Crippen LogP contribution is -2.13. The molecule has 2 aromatic carbocycles. The van der Waals surface area contributed by atoms with Gasteiger partial charge < -0.3 is 14.5 Å². The lowest BCUT2D eigenvalue weighted by Gasteiger charge is -2.09. The zero-order valence-electron chi connectivity index (χ0n) is 16.4. The summed E-state index contributed by atoms with van der Waals surface area (Å²) in [5.74, 6) is 0.346. The number of non-ortho nitro benzene ring substituents is 1. The number of nitrogens with one attached hydrogen (secondary N) is 1. The van der Waals surface area contributed by atoms with Crippen LogP contribution in [0, 0.1) is 17.0 Å². The highest BCUT2D eigenvalue weighted by molar-refractivity contribution is 8.00. The van der Waals surface area contributed by atoms with Gasteiger partial charge in [0.25, 0.3) is 11.6 Å². The molecule has 0 fully saturated rings. The normalized spacial score (nSPS) is 10.9. The minimum Gasteiger partial charge on any atom is -0.495 e. The number of ether oxygens (including phenoxy) is 1. The van der Waals surface area contributed by atoms with E-state index in [-0.39, 0.29) is 17.1 Å². The van der Waals surface area contributed by atoms with Crippen LogP contribution in [0.2, 0.25) is 0 Å². The molecule has 11 heteroatoms. The number of aryl methyl sites for hydroxylation is 1. The zero-order valence-corrected chi connectivity index (χ0v) is 18.1. The van der Waals surface area contributed by atoms with Crippen LogP contribution in [0.3, 0.4) is 0 Å². The summed E-state index contributed by atoms with van der Waals surface area (Å²) in [6.07, 6.45) is 0. The van der Waals surface area contributed by atoms with Crippen molar-refractivity contribution in [3.05, 3.63) is 68.9 Å². The number of methoxy groups -OCH3 is 1. The Kier molecular flexibility index (Phi) is 5.87. The largest absolute Gasteiger partial charge is 0.495 e. The number of anilines is 1. The lowest BCUT2D eigenvalue weighted by molar-refractivity contribution is -0.384. The highest BCUT2D eigenvalue weighted by Gasteiger charge is 2.23. The number of carbonyl (C=O) groups excluding carboxylic acids is 1. The average Bonchev–Trinajstić information content (AvgIpc) is 3.35. The van der Waals surface area contributed by atoms with E-state index in [1.165, 1.54) is 48.4 Å². The Morgan fingerprint density at radius 2 is 2.10 bits per heavy atom. The fourth-order valence-corrected chi connectivity index (χ4v) is 4.83. The fraction of sp³-hybridized carbons (Fsp3) is 0.150. The highest BCUT2D eigenvalue weighted by atomic mass is 32.2. The maximum Gasteiger partial charge on any atom is 0.291 e. The Morgan fingerprint density at radius 3 is 2.81 bits per heavy atom. The van der Waals surface area contributed by atoms with Crippen LogP contribution in [-0.4, -0.2) is 28.1 Å². The molecule has 1 N–H and O–H groups in total. The van der Waals surface area contributed by atoms with Gasteiger partial charge in [0, 0.05) is 28.8 Å². The van der Waals surface area contributed by atoms with E-state index in [9.17, 15) is 14.9 Å². The van der Waals surface area contributed by atoms with E-state index in [1.807, 2.05) is 25.1 Å². The molecular formula is C20H16N4O5S2. The van der Waals surface area contributed by atoms with Gasteiger partial charge in [-0.25, -0.2) is 0 Å². The summed E-state index contributed by atoms with van der Waals surface area (Å²) in [5.41, 5.74) is 1.29. The first-order valence-corrected chi connectivity index (χ1v) is 10.8. The van der Waals surface area contributed by atoms with E-state index in [0.29, 0.717) is 22.6 Å². The molecule has 0 unspecified atom stereocenters. The molecule has 2 heterocycles. The van der Waals surface area contributed by atoms with Crippen LogP contribution in [0.5, 0.6) is 5.75 Å². The predicted octanol–water partition coefficient (Wildman–Crippen LogP) is 5.05. The number of fused-ring (bicyclic) bond motifs is 1. The summed E-state index contributed by atoms with van der Waals surface area (Å²) in [4.78, 5) is 23.7. The number of aromatic nitrogens is 2. The number of benzene rings is 2. The van der Waals surface area contributed by atoms with Gasteiger partial charge in [0.2, 0.25) is 0 Å².